The fourth-order valence-electron chi connectivity index (χ4n) is 7.89. The predicted octanol–water partition coefficient (Wildman–Crippen LogP) is 7.65. The molecule has 0 radical (unpaired) electrons. The summed E-state index contributed by atoms with van der Waals surface area (Å²) in [5.74, 6) is -8.62. The second-order valence-corrected chi connectivity index (χ2v) is 15.1. The molecule has 0 atom stereocenters. The van der Waals surface area contributed by atoms with E-state index in [1.807, 2.05) is 40.1 Å². The van der Waals surface area contributed by atoms with Gasteiger partial charge < -0.3 is 25.0 Å². The van der Waals surface area contributed by atoms with Crippen LogP contribution in [0.5, 0.6) is 0 Å². The Kier molecular flexibility index (Phi) is 11.9. The molecule has 2 fully saturated rings. The molecule has 0 amide bonds. The number of nitrogen functional groups attached to an aromatic ring is 1. The highest BCUT2D eigenvalue weighted by atomic mass is 19.2. The van der Waals surface area contributed by atoms with Gasteiger partial charge in [0, 0.05) is 62.5 Å². The van der Waals surface area contributed by atoms with E-state index in [0.717, 1.165) is 18.2 Å². The van der Waals surface area contributed by atoms with Gasteiger partial charge >= 0.3 is 0 Å². The molecule has 2 aliphatic heterocycles. The zero-order valence-corrected chi connectivity index (χ0v) is 34.4. The number of nitrogens with zero attached hydrogens (tertiary/aromatic N) is 6. The molecule has 0 spiro atoms. The van der Waals surface area contributed by atoms with Crippen molar-refractivity contribution >= 4 is 60.7 Å². The highest BCUT2D eigenvalue weighted by Crippen LogP contribution is 2.39. The average Bonchev–Trinajstić information content (AvgIpc) is 3.86. The number of rotatable bonds is 4. The van der Waals surface area contributed by atoms with Crippen LogP contribution in [0, 0.1) is 40.7 Å². The number of ether oxygens (including phenoxy) is 2. The normalized spacial score (nSPS) is 14.1. The summed E-state index contributed by atoms with van der Waals surface area (Å²) in [4.78, 5) is 38.1. The quantitative estimate of drug-likeness (QED) is 0.0919. The molecule has 5 aromatic carbocycles. The first-order chi connectivity index (χ1) is 31.9. The third-order valence-corrected chi connectivity index (χ3v) is 11.1. The summed E-state index contributed by atoms with van der Waals surface area (Å²) in [5, 5.41) is 6.86. The van der Waals surface area contributed by atoms with Crippen molar-refractivity contribution in [2.45, 2.75) is 0 Å². The number of nitrogens with one attached hydrogen (secondary N) is 2. The number of fused-ring (bicyclic) bond motifs is 6. The number of aromatic nitrogens is 6. The number of hydrogen-bond acceptors (Lipinski definition) is 9. The van der Waals surface area contributed by atoms with Crippen LogP contribution in [0.25, 0.3) is 55.0 Å². The van der Waals surface area contributed by atoms with Crippen molar-refractivity contribution in [3.63, 3.8) is 0 Å². The number of benzene rings is 5. The Morgan fingerprint density at radius 3 is 1.50 bits per heavy atom. The van der Waals surface area contributed by atoms with Gasteiger partial charge in [0.1, 0.15) is 0 Å². The van der Waals surface area contributed by atoms with E-state index in [2.05, 4.69) is 20.2 Å². The number of H-pyrrole nitrogens is 2. The van der Waals surface area contributed by atoms with Crippen molar-refractivity contribution in [2.75, 3.05) is 68.1 Å². The maximum atomic E-state index is 16.2. The van der Waals surface area contributed by atoms with Gasteiger partial charge in [-0.15, -0.1) is 0 Å². The summed E-state index contributed by atoms with van der Waals surface area (Å²) in [6, 6.07) is 22.0. The van der Waals surface area contributed by atoms with Gasteiger partial charge in [0.2, 0.25) is 0 Å². The van der Waals surface area contributed by atoms with Gasteiger partial charge in [0.05, 0.1) is 92.8 Å². The average molecular weight is 912 g/mol. The van der Waals surface area contributed by atoms with E-state index in [1.54, 1.807) is 42.6 Å². The zero-order valence-electron chi connectivity index (χ0n) is 34.4. The number of pyridine rings is 2. The Hall–Kier alpha value is -7.71. The lowest BCUT2D eigenvalue weighted by Gasteiger charge is -2.34. The van der Waals surface area contributed by atoms with E-state index < -0.39 is 40.5 Å². The third kappa shape index (κ3) is 8.04. The van der Waals surface area contributed by atoms with Crippen LogP contribution >= 0.6 is 0 Å². The molecule has 6 heterocycles. The summed E-state index contributed by atoms with van der Waals surface area (Å²) in [6.07, 6.45) is 2.80. The molecule has 2 aliphatic rings. The Morgan fingerprint density at radius 2 is 0.985 bits per heavy atom. The minimum atomic E-state index is -1.60. The van der Waals surface area contributed by atoms with Crippen LogP contribution in [-0.4, -0.2) is 82.1 Å². The fourth-order valence-corrected chi connectivity index (χ4v) is 7.89. The second kappa shape index (κ2) is 18.0. The van der Waals surface area contributed by atoms with Crippen molar-refractivity contribution in [1.82, 2.24) is 29.5 Å². The first-order valence-electron chi connectivity index (χ1n) is 20.4. The molecule has 66 heavy (non-hydrogen) atoms. The number of anilines is 3. The molecule has 4 aromatic heterocycles. The molecule has 9 aromatic rings. The van der Waals surface area contributed by atoms with E-state index in [0.29, 0.717) is 97.2 Å². The van der Waals surface area contributed by atoms with Gasteiger partial charge in [-0.1, -0.05) is 36.4 Å². The lowest BCUT2D eigenvalue weighted by Crippen LogP contribution is -2.39. The zero-order chi connectivity index (χ0) is 46.2. The first-order valence-corrected chi connectivity index (χ1v) is 20.4. The van der Waals surface area contributed by atoms with Gasteiger partial charge in [-0.25, -0.2) is 40.1 Å². The molecule has 0 bridgehead atoms. The van der Waals surface area contributed by atoms with E-state index in [-0.39, 0.29) is 38.9 Å². The standard InChI is InChI=1S/C24H24FN5O3.C16H8F3N3O.C6H4F3N/c25-21-19(28-6-10-32-11-7-28)14-18-20(23(21)29-8-12-33-13-9-29)22-17(15-26-18)24(31)30(27-22)16-4-2-1-3-5-16;17-10-6-11-12(14(19)13(10)18)15-9(7-20-11)16(23)22(21-15)8-4-2-1-3-5-8;7-4-1-3(10)2-5(8)6(4)9/h1-5,14-15,27H,6-13H2;1-7,21H;1-2H,10H2. The van der Waals surface area contributed by atoms with Crippen LogP contribution < -0.4 is 26.7 Å². The number of aromatic amines is 2. The smallest absolute Gasteiger partial charge is 0.280 e. The molecule has 2 saturated heterocycles. The van der Waals surface area contributed by atoms with Crippen LogP contribution in [0.2, 0.25) is 0 Å². The van der Waals surface area contributed by atoms with Gasteiger partial charge in [0.25, 0.3) is 11.1 Å². The molecular formula is C46H36F7N9O4. The maximum absolute atomic E-state index is 16.2. The predicted molar refractivity (Wildman–Crippen MR) is 235 cm³/mol. The summed E-state index contributed by atoms with van der Waals surface area (Å²) in [7, 11) is 0. The molecular weight excluding hydrogens is 876 g/mol. The summed E-state index contributed by atoms with van der Waals surface area (Å²) in [6.45, 7) is 4.54. The lowest BCUT2D eigenvalue weighted by molar-refractivity contribution is 0.121. The molecule has 0 unspecified atom stereocenters. The topological polar surface area (TPSA) is 152 Å². The van der Waals surface area contributed by atoms with E-state index in [9.17, 15) is 35.9 Å². The van der Waals surface area contributed by atoms with Gasteiger partial charge in [-0.2, -0.15) is 0 Å². The van der Waals surface area contributed by atoms with E-state index in [4.69, 9.17) is 15.2 Å². The van der Waals surface area contributed by atoms with E-state index >= 15 is 4.39 Å². The molecule has 13 nitrogen and oxygen atoms in total. The van der Waals surface area contributed by atoms with Crippen LogP contribution in [0.1, 0.15) is 0 Å². The second-order valence-electron chi connectivity index (χ2n) is 15.1. The number of halogens is 7. The van der Waals surface area contributed by atoms with Crippen molar-refractivity contribution in [3.05, 3.63) is 159 Å². The van der Waals surface area contributed by atoms with Gasteiger partial charge in [-0.3, -0.25) is 29.8 Å². The molecule has 20 heteroatoms. The third-order valence-electron chi connectivity index (χ3n) is 11.1. The lowest BCUT2D eigenvalue weighted by atomic mass is 10.1. The Bertz CT molecular complexity index is 3370. The SMILES string of the molecule is Nc1cc(F)c(F)c(F)c1.O=c1c2cnc3cc(F)c(F)c(F)c3c2[nH]n1-c1ccccc1.O=c1c2cnc3cc(N4CCOCC4)c(F)c(N4CCOCC4)c3c2[nH]n1-c1ccccc1. The van der Waals surface area contributed by atoms with Crippen molar-refractivity contribution in [2.24, 2.45) is 0 Å². The number of morpholine rings is 2. The van der Waals surface area contributed by atoms with Crippen LogP contribution in [-0.2, 0) is 9.47 Å². The summed E-state index contributed by atoms with van der Waals surface area (Å²) < 4.78 is 107. The van der Waals surface area contributed by atoms with Crippen LogP contribution in [0.4, 0.5) is 47.8 Å². The number of para-hydroxylation sites is 2. The van der Waals surface area contributed by atoms with Gasteiger partial charge in [0.15, 0.2) is 40.7 Å². The Morgan fingerprint density at radius 1 is 0.530 bits per heavy atom. The van der Waals surface area contributed by atoms with Crippen molar-refractivity contribution in [1.29, 1.82) is 0 Å². The molecule has 11 rings (SSSR count). The Labute approximate surface area is 368 Å². The van der Waals surface area contributed by atoms with Crippen LogP contribution in [0.3, 0.4) is 0 Å². The summed E-state index contributed by atoms with van der Waals surface area (Å²) in [5.41, 5.74) is 7.65. The largest absolute Gasteiger partial charge is 0.399 e. The first kappa shape index (κ1) is 43.5. The van der Waals surface area contributed by atoms with E-state index in [1.165, 1.54) is 15.6 Å². The maximum Gasteiger partial charge on any atom is 0.280 e. The molecule has 338 valence electrons. The monoisotopic (exact) mass is 911 g/mol. The van der Waals surface area contributed by atoms with Gasteiger partial charge in [-0.05, 0) is 30.3 Å². The molecule has 0 aliphatic carbocycles. The van der Waals surface area contributed by atoms with Crippen LogP contribution in [0.15, 0.2) is 107 Å². The highest BCUT2D eigenvalue weighted by Gasteiger charge is 2.28. The minimum Gasteiger partial charge on any atom is -0.399 e. The molecule has 4 N–H and O–H groups in total. The molecule has 0 saturated carbocycles. The number of hydrogen-bond donors (Lipinski definition) is 3. The van der Waals surface area contributed by atoms with Crippen molar-refractivity contribution in [3.8, 4) is 11.4 Å². The Balaban J connectivity index is 0.000000143. The van der Waals surface area contributed by atoms with Crippen molar-refractivity contribution < 1.29 is 40.2 Å². The minimum absolute atomic E-state index is 0.0697. The number of nitrogens with two attached hydrogens (primary N) is 1. The highest BCUT2D eigenvalue weighted by molar-refractivity contribution is 6.11. The fraction of sp³-hybridized carbons (Fsp3) is 0.174. The summed E-state index contributed by atoms with van der Waals surface area (Å²) >= 11 is 0.